The largest absolute Gasteiger partial charge is 0.496 e. The van der Waals surface area contributed by atoms with Gasteiger partial charge < -0.3 is 15.4 Å². The zero-order valence-corrected chi connectivity index (χ0v) is 13.8. The standard InChI is InChI=1S/C18H24N4O/c1-3-17-20-12-15(22-10-8-13(19)9-11-22)18(21-17)14-6-4-5-7-16(14)23-2/h4-7,12-13H,3,8-11,19H2,1-2H3. The molecule has 122 valence electrons. The first-order valence-corrected chi connectivity index (χ1v) is 8.22. The molecule has 0 unspecified atom stereocenters. The topological polar surface area (TPSA) is 64.3 Å². The third-order valence-corrected chi connectivity index (χ3v) is 4.38. The van der Waals surface area contributed by atoms with E-state index in [1.807, 2.05) is 24.4 Å². The SMILES string of the molecule is CCc1ncc(N2CCC(N)CC2)c(-c2ccccc2OC)n1. The Labute approximate surface area is 137 Å². The van der Waals surface area contributed by atoms with Crippen molar-refractivity contribution in [1.29, 1.82) is 0 Å². The minimum absolute atomic E-state index is 0.303. The summed E-state index contributed by atoms with van der Waals surface area (Å²) in [4.78, 5) is 11.6. The molecular weight excluding hydrogens is 288 g/mol. The first-order valence-electron chi connectivity index (χ1n) is 8.22. The highest BCUT2D eigenvalue weighted by molar-refractivity contribution is 5.78. The van der Waals surface area contributed by atoms with Crippen LogP contribution in [0, 0.1) is 0 Å². The molecule has 5 heteroatoms. The van der Waals surface area contributed by atoms with Crippen LogP contribution in [-0.4, -0.2) is 36.2 Å². The Morgan fingerprint density at radius 1 is 1.26 bits per heavy atom. The van der Waals surface area contributed by atoms with Gasteiger partial charge in [0.2, 0.25) is 0 Å². The van der Waals surface area contributed by atoms with E-state index in [-0.39, 0.29) is 0 Å². The van der Waals surface area contributed by atoms with Crippen molar-refractivity contribution in [2.45, 2.75) is 32.2 Å². The molecule has 0 atom stereocenters. The second-order valence-electron chi connectivity index (χ2n) is 5.90. The fourth-order valence-electron chi connectivity index (χ4n) is 2.99. The summed E-state index contributed by atoms with van der Waals surface area (Å²) < 4.78 is 5.53. The lowest BCUT2D eigenvalue weighted by Gasteiger charge is -2.33. The summed E-state index contributed by atoms with van der Waals surface area (Å²) in [5.74, 6) is 1.69. The molecule has 1 saturated heterocycles. The molecule has 0 radical (unpaired) electrons. The second kappa shape index (κ2) is 6.96. The fraction of sp³-hybridized carbons (Fsp3) is 0.444. The highest BCUT2D eigenvalue weighted by Gasteiger charge is 2.22. The second-order valence-corrected chi connectivity index (χ2v) is 5.90. The molecule has 1 aliphatic heterocycles. The van der Waals surface area contributed by atoms with Gasteiger partial charge >= 0.3 is 0 Å². The van der Waals surface area contributed by atoms with E-state index in [4.69, 9.17) is 15.5 Å². The van der Waals surface area contributed by atoms with Crippen LogP contribution in [-0.2, 0) is 6.42 Å². The molecule has 23 heavy (non-hydrogen) atoms. The molecule has 1 aliphatic rings. The number of benzene rings is 1. The molecular formula is C18H24N4O. The van der Waals surface area contributed by atoms with Crippen molar-refractivity contribution in [2.75, 3.05) is 25.1 Å². The van der Waals surface area contributed by atoms with E-state index < -0.39 is 0 Å². The fourth-order valence-corrected chi connectivity index (χ4v) is 2.99. The molecule has 2 heterocycles. The molecule has 0 aliphatic carbocycles. The number of nitrogens with two attached hydrogens (primary N) is 1. The van der Waals surface area contributed by atoms with Crippen LogP contribution in [0.25, 0.3) is 11.3 Å². The number of aryl methyl sites for hydroxylation is 1. The Kier molecular flexibility index (Phi) is 4.76. The normalized spacial score (nSPS) is 15.7. The number of para-hydroxylation sites is 1. The van der Waals surface area contributed by atoms with E-state index in [0.29, 0.717) is 6.04 Å². The number of piperidine rings is 1. The van der Waals surface area contributed by atoms with Gasteiger partial charge in [-0.15, -0.1) is 0 Å². The Balaban J connectivity index is 2.06. The predicted molar refractivity (Wildman–Crippen MR) is 92.8 cm³/mol. The number of hydrogen-bond donors (Lipinski definition) is 1. The third-order valence-electron chi connectivity index (χ3n) is 4.38. The van der Waals surface area contributed by atoms with Gasteiger partial charge in [-0.05, 0) is 25.0 Å². The van der Waals surface area contributed by atoms with Gasteiger partial charge in [-0.2, -0.15) is 0 Å². The van der Waals surface area contributed by atoms with Crippen molar-refractivity contribution in [3.63, 3.8) is 0 Å². The lowest BCUT2D eigenvalue weighted by atomic mass is 10.0. The zero-order valence-electron chi connectivity index (χ0n) is 13.8. The zero-order chi connectivity index (χ0) is 16.2. The average molecular weight is 312 g/mol. The summed E-state index contributed by atoms with van der Waals surface area (Å²) in [5, 5.41) is 0. The van der Waals surface area contributed by atoms with E-state index in [2.05, 4.69) is 22.9 Å². The van der Waals surface area contributed by atoms with E-state index in [0.717, 1.165) is 60.9 Å². The van der Waals surface area contributed by atoms with Crippen LogP contribution < -0.4 is 15.4 Å². The monoisotopic (exact) mass is 312 g/mol. The minimum atomic E-state index is 0.303. The molecule has 1 aromatic carbocycles. The van der Waals surface area contributed by atoms with Gasteiger partial charge in [0.05, 0.1) is 19.0 Å². The quantitative estimate of drug-likeness (QED) is 0.940. The van der Waals surface area contributed by atoms with Crippen LogP contribution in [0.1, 0.15) is 25.6 Å². The van der Waals surface area contributed by atoms with Gasteiger partial charge in [-0.3, -0.25) is 0 Å². The van der Waals surface area contributed by atoms with Gasteiger partial charge in [0.15, 0.2) is 0 Å². The van der Waals surface area contributed by atoms with Crippen LogP contribution >= 0.6 is 0 Å². The summed E-state index contributed by atoms with van der Waals surface area (Å²) in [6, 6.07) is 8.32. The average Bonchev–Trinajstić information content (AvgIpc) is 2.62. The van der Waals surface area contributed by atoms with E-state index in [9.17, 15) is 0 Å². The van der Waals surface area contributed by atoms with Crippen molar-refractivity contribution in [2.24, 2.45) is 5.73 Å². The van der Waals surface area contributed by atoms with E-state index in [1.165, 1.54) is 0 Å². The Morgan fingerprint density at radius 2 is 2.00 bits per heavy atom. The number of hydrogen-bond acceptors (Lipinski definition) is 5. The number of ether oxygens (including phenoxy) is 1. The Bertz CT molecular complexity index is 666. The summed E-state index contributed by atoms with van der Waals surface area (Å²) >= 11 is 0. The van der Waals surface area contributed by atoms with Crippen LogP contribution in [0.15, 0.2) is 30.5 Å². The Hall–Kier alpha value is -2.14. The number of rotatable bonds is 4. The van der Waals surface area contributed by atoms with Gasteiger partial charge in [0.1, 0.15) is 17.3 Å². The third kappa shape index (κ3) is 3.29. The molecule has 0 spiro atoms. The van der Waals surface area contributed by atoms with Crippen molar-refractivity contribution in [3.8, 4) is 17.0 Å². The molecule has 0 amide bonds. The van der Waals surface area contributed by atoms with Gasteiger partial charge in [0, 0.05) is 31.1 Å². The molecule has 3 rings (SSSR count). The first-order chi connectivity index (χ1) is 11.2. The molecule has 2 aromatic rings. The molecule has 1 aromatic heterocycles. The highest BCUT2D eigenvalue weighted by Crippen LogP contribution is 2.35. The van der Waals surface area contributed by atoms with Gasteiger partial charge in [-0.25, -0.2) is 9.97 Å². The lowest BCUT2D eigenvalue weighted by Crippen LogP contribution is -2.40. The maximum Gasteiger partial charge on any atom is 0.128 e. The van der Waals surface area contributed by atoms with Crippen molar-refractivity contribution in [3.05, 3.63) is 36.3 Å². The van der Waals surface area contributed by atoms with Gasteiger partial charge in [0.25, 0.3) is 0 Å². The maximum atomic E-state index is 6.04. The number of methoxy groups -OCH3 is 1. The summed E-state index contributed by atoms with van der Waals surface area (Å²) in [7, 11) is 1.69. The van der Waals surface area contributed by atoms with E-state index in [1.54, 1.807) is 7.11 Å². The van der Waals surface area contributed by atoms with Crippen molar-refractivity contribution >= 4 is 5.69 Å². The number of aromatic nitrogens is 2. The van der Waals surface area contributed by atoms with Gasteiger partial charge in [-0.1, -0.05) is 19.1 Å². The van der Waals surface area contributed by atoms with Crippen molar-refractivity contribution < 1.29 is 4.74 Å². The first kappa shape index (κ1) is 15.7. The summed E-state index contributed by atoms with van der Waals surface area (Å²) in [6.07, 6.45) is 4.76. The van der Waals surface area contributed by atoms with E-state index >= 15 is 0 Å². The predicted octanol–water partition coefficient (Wildman–Crippen LogP) is 2.64. The molecule has 2 N–H and O–H groups in total. The van der Waals surface area contributed by atoms with Crippen molar-refractivity contribution in [1.82, 2.24) is 9.97 Å². The molecule has 0 bridgehead atoms. The summed E-state index contributed by atoms with van der Waals surface area (Å²) in [5.41, 5.74) is 9.07. The number of nitrogens with zero attached hydrogens (tertiary/aromatic N) is 3. The smallest absolute Gasteiger partial charge is 0.128 e. The van der Waals surface area contributed by atoms with Crippen LogP contribution in [0.3, 0.4) is 0 Å². The molecule has 0 saturated carbocycles. The Morgan fingerprint density at radius 3 is 2.70 bits per heavy atom. The highest BCUT2D eigenvalue weighted by atomic mass is 16.5. The lowest BCUT2D eigenvalue weighted by molar-refractivity contribution is 0.416. The van der Waals surface area contributed by atoms with Crippen LogP contribution in [0.4, 0.5) is 5.69 Å². The summed E-state index contributed by atoms with van der Waals surface area (Å²) in [6.45, 7) is 3.96. The maximum absolute atomic E-state index is 6.04. The molecule has 1 fully saturated rings. The van der Waals surface area contributed by atoms with Crippen LogP contribution in [0.2, 0.25) is 0 Å². The van der Waals surface area contributed by atoms with Crippen LogP contribution in [0.5, 0.6) is 5.75 Å². The number of anilines is 1. The minimum Gasteiger partial charge on any atom is -0.496 e. The molecule has 5 nitrogen and oxygen atoms in total.